The van der Waals surface area contributed by atoms with Crippen molar-refractivity contribution in [1.29, 1.82) is 0 Å². The molecule has 2 aliphatic rings. The molecule has 2 aliphatic carbocycles. The maximum absolute atomic E-state index is 15.1. The second-order valence-electron chi connectivity index (χ2n) is 8.30. The Bertz CT molecular complexity index is 961. The Morgan fingerprint density at radius 2 is 2.00 bits per heavy atom. The van der Waals surface area contributed by atoms with Crippen molar-refractivity contribution in [3.8, 4) is 0 Å². The smallest absolute Gasteiger partial charge is 0.214 e. The number of benzene rings is 1. The highest BCUT2D eigenvalue weighted by Gasteiger charge is 2.37. The van der Waals surface area contributed by atoms with E-state index in [0.29, 0.717) is 43.6 Å². The first-order valence-corrected chi connectivity index (χ1v) is 12.3. The fourth-order valence-corrected chi connectivity index (χ4v) is 5.43. The predicted molar refractivity (Wildman–Crippen MR) is 126 cm³/mol. The molecule has 32 heavy (non-hydrogen) atoms. The van der Waals surface area contributed by atoms with Crippen LogP contribution in [0.25, 0.3) is 0 Å². The molecule has 2 saturated carbocycles. The third kappa shape index (κ3) is 5.24. The first-order valence-electron chi connectivity index (χ1n) is 10.7. The summed E-state index contributed by atoms with van der Waals surface area (Å²) < 4.78 is 44.3. The number of nitrogens with zero attached hydrogens (tertiary/aromatic N) is 2. The van der Waals surface area contributed by atoms with E-state index in [9.17, 15) is 8.78 Å². The van der Waals surface area contributed by atoms with Crippen molar-refractivity contribution in [2.24, 2.45) is 5.92 Å². The van der Waals surface area contributed by atoms with Crippen molar-refractivity contribution in [3.63, 3.8) is 0 Å². The van der Waals surface area contributed by atoms with Crippen LogP contribution in [0.5, 0.6) is 0 Å². The van der Waals surface area contributed by atoms with Gasteiger partial charge in [-0.1, -0.05) is 29.3 Å². The van der Waals surface area contributed by atoms with Crippen molar-refractivity contribution in [1.82, 2.24) is 10.3 Å². The van der Waals surface area contributed by atoms with E-state index in [1.165, 1.54) is 12.1 Å². The Kier molecular flexibility index (Phi) is 7.65. The summed E-state index contributed by atoms with van der Waals surface area (Å²) in [5.41, 5.74) is 0.544. The van der Waals surface area contributed by atoms with E-state index in [-0.39, 0.29) is 26.8 Å². The number of halogens is 5. The molecule has 4 nitrogen and oxygen atoms in total. The van der Waals surface area contributed by atoms with Gasteiger partial charge in [-0.3, -0.25) is 0 Å². The van der Waals surface area contributed by atoms with Crippen molar-refractivity contribution in [2.75, 3.05) is 22.7 Å². The monoisotopic (exact) mass is 504 g/mol. The van der Waals surface area contributed by atoms with Gasteiger partial charge >= 0.3 is 0 Å². The number of nitrogens with one attached hydrogen (secondary N) is 2. The molecule has 4 rings (SSSR count). The molecule has 0 amide bonds. The van der Waals surface area contributed by atoms with Gasteiger partial charge in [-0.25, -0.2) is 13.8 Å². The maximum Gasteiger partial charge on any atom is 0.214 e. The molecule has 2 unspecified atom stereocenters. The minimum Gasteiger partial charge on any atom is -0.370 e. The van der Waals surface area contributed by atoms with E-state index in [1.54, 1.807) is 12.1 Å². The van der Waals surface area contributed by atoms with Gasteiger partial charge in [-0.15, -0.1) is 0 Å². The summed E-state index contributed by atoms with van der Waals surface area (Å²) in [5, 5.41) is 3.76. The summed E-state index contributed by atoms with van der Waals surface area (Å²) in [6, 6.07) is 6.57. The van der Waals surface area contributed by atoms with Crippen LogP contribution in [0, 0.1) is 17.7 Å². The molecule has 0 saturated heterocycles. The summed E-state index contributed by atoms with van der Waals surface area (Å²) in [4.78, 5) is 5.84. The fourth-order valence-electron chi connectivity index (χ4n) is 4.13. The van der Waals surface area contributed by atoms with E-state index in [2.05, 4.69) is 15.0 Å². The van der Waals surface area contributed by atoms with Crippen molar-refractivity contribution in [2.45, 2.75) is 55.8 Å². The van der Waals surface area contributed by atoms with Crippen LogP contribution in [0.15, 0.2) is 29.2 Å². The first kappa shape index (κ1) is 23.8. The zero-order chi connectivity index (χ0) is 22.8. The highest BCUT2D eigenvalue weighted by Crippen LogP contribution is 2.41. The van der Waals surface area contributed by atoms with Crippen LogP contribution < -0.4 is 14.9 Å². The lowest BCUT2D eigenvalue weighted by Gasteiger charge is -2.45. The number of alkyl halides is 1. The normalized spacial score (nSPS) is 24.6. The molecule has 2 aromatic rings. The predicted octanol–water partition coefficient (Wildman–Crippen LogP) is 6.48. The van der Waals surface area contributed by atoms with Gasteiger partial charge in [-0.05, 0) is 68.7 Å². The summed E-state index contributed by atoms with van der Waals surface area (Å²) in [6.07, 6.45) is 2.63. The zero-order valence-electron chi connectivity index (χ0n) is 17.6. The lowest BCUT2D eigenvalue weighted by Crippen LogP contribution is -2.55. The molecule has 174 valence electrons. The van der Waals surface area contributed by atoms with Crippen molar-refractivity contribution >= 4 is 46.7 Å². The molecule has 10 heteroatoms. The number of aromatic nitrogens is 1. The van der Waals surface area contributed by atoms with E-state index < -0.39 is 17.9 Å². The molecule has 0 bridgehead atoms. The minimum absolute atomic E-state index is 0.00384. The number of rotatable bonds is 9. The van der Waals surface area contributed by atoms with E-state index in [4.69, 9.17) is 23.2 Å². The summed E-state index contributed by atoms with van der Waals surface area (Å²) in [6.45, 7) is 3.35. The zero-order valence-corrected chi connectivity index (χ0v) is 19.9. The number of hydrogen-bond donors (Lipinski definition) is 2. The molecule has 1 heterocycles. The van der Waals surface area contributed by atoms with Gasteiger partial charge in [0.25, 0.3) is 0 Å². The van der Waals surface area contributed by atoms with Gasteiger partial charge in [0.2, 0.25) is 5.95 Å². The Morgan fingerprint density at radius 3 is 2.62 bits per heavy atom. The largest absolute Gasteiger partial charge is 0.370 e. The van der Waals surface area contributed by atoms with Gasteiger partial charge in [0.1, 0.15) is 17.0 Å². The number of anilines is 2. The summed E-state index contributed by atoms with van der Waals surface area (Å²) >= 11 is 13.7. The number of pyridine rings is 1. The number of hydrogen-bond acceptors (Lipinski definition) is 5. The van der Waals surface area contributed by atoms with Crippen LogP contribution in [0.1, 0.15) is 32.6 Å². The first-order chi connectivity index (χ1) is 15.4. The highest BCUT2D eigenvalue weighted by molar-refractivity contribution is 8.00. The third-order valence-corrected chi connectivity index (χ3v) is 7.88. The van der Waals surface area contributed by atoms with Gasteiger partial charge in [0.05, 0.1) is 15.6 Å². The topological polar surface area (TPSA) is 40.2 Å². The lowest BCUT2D eigenvalue weighted by atomic mass is 9.77. The molecule has 0 radical (unpaired) electrons. The SMILES string of the molecule is CCN(CC1CCC1NC1CC(F)C1)c1cc(Cl)c(SNc2cccc(F)n2)c(F)c1Cl. The van der Waals surface area contributed by atoms with E-state index >= 15 is 4.39 Å². The van der Waals surface area contributed by atoms with Crippen molar-refractivity contribution < 1.29 is 13.2 Å². The average Bonchev–Trinajstić information content (AvgIpc) is 2.73. The van der Waals surface area contributed by atoms with E-state index in [0.717, 1.165) is 24.8 Å². The molecule has 0 spiro atoms. The highest BCUT2D eigenvalue weighted by atomic mass is 35.5. The Balaban J connectivity index is 1.43. The van der Waals surface area contributed by atoms with E-state index in [1.807, 2.05) is 11.8 Å². The van der Waals surface area contributed by atoms with Gasteiger partial charge in [-0.2, -0.15) is 4.39 Å². The molecule has 2 atom stereocenters. The maximum atomic E-state index is 15.1. The molecule has 2 N–H and O–H groups in total. The van der Waals surface area contributed by atoms with Gasteiger partial charge in [0, 0.05) is 25.2 Å². The molecule has 0 aliphatic heterocycles. The van der Waals surface area contributed by atoms with Crippen LogP contribution in [0.3, 0.4) is 0 Å². The standard InChI is InChI=1S/C22H25Cl2F3N4S/c1-2-31(11-12-6-7-16(12)28-14-8-13(25)9-14)17-10-15(23)22(21(27)20(17)24)32-30-19-5-3-4-18(26)29-19/h3-5,10,12-14,16,28H,2,6-9,11H2,1H3,(H,29,30). The van der Waals surface area contributed by atoms with Gasteiger partial charge in [0.15, 0.2) is 5.82 Å². The molecule has 1 aromatic carbocycles. The minimum atomic E-state index is -0.676. The van der Waals surface area contributed by atoms with Gasteiger partial charge < -0.3 is 14.9 Å². The fraction of sp³-hybridized carbons (Fsp3) is 0.500. The second-order valence-corrected chi connectivity index (χ2v) is 9.90. The van der Waals surface area contributed by atoms with Crippen molar-refractivity contribution in [3.05, 3.63) is 46.1 Å². The third-order valence-electron chi connectivity index (χ3n) is 6.20. The Morgan fingerprint density at radius 1 is 1.22 bits per heavy atom. The van der Waals surface area contributed by atoms with Crippen LogP contribution in [-0.2, 0) is 0 Å². The van der Waals surface area contributed by atoms with Crippen LogP contribution in [0.4, 0.5) is 24.7 Å². The van der Waals surface area contributed by atoms with Crippen LogP contribution in [-0.4, -0.2) is 36.3 Å². The quantitative estimate of drug-likeness (QED) is 0.232. The molecular weight excluding hydrogens is 480 g/mol. The summed E-state index contributed by atoms with van der Waals surface area (Å²) in [7, 11) is 0. The second kappa shape index (κ2) is 10.3. The molecule has 2 fully saturated rings. The Labute approximate surface area is 200 Å². The summed E-state index contributed by atoms with van der Waals surface area (Å²) in [5.74, 6) is -0.635. The Hall–Kier alpha value is -1.35. The molecule has 1 aromatic heterocycles. The average molecular weight is 505 g/mol. The lowest BCUT2D eigenvalue weighted by molar-refractivity contribution is 0.108. The van der Waals surface area contributed by atoms with Crippen LogP contribution in [0.2, 0.25) is 10.0 Å². The molecular formula is C22H25Cl2F3N4S. The van der Waals surface area contributed by atoms with Crippen LogP contribution >= 0.6 is 35.1 Å².